The Hall–Kier alpha value is -2.87. The standard InChI is InChI=1S/C18H19N5O3/c24-16-11-26-18(12-23(16)15-9-20-13-21-10-15)3-6-22(7-4-18)17(25)14-2-1-5-19-8-14/h1-2,5,8-10,13H,3-4,6-7,11-12H2. The highest BCUT2D eigenvalue weighted by molar-refractivity contribution is 5.95. The number of hydrogen-bond donors (Lipinski definition) is 0. The van der Waals surface area contributed by atoms with Gasteiger partial charge in [-0.15, -0.1) is 0 Å². The number of morpholine rings is 1. The molecule has 0 aliphatic carbocycles. The van der Waals surface area contributed by atoms with E-state index in [1.54, 1.807) is 41.8 Å². The molecule has 2 amide bonds. The normalized spacial score (nSPS) is 19.6. The van der Waals surface area contributed by atoms with Gasteiger partial charge in [0.25, 0.3) is 11.8 Å². The van der Waals surface area contributed by atoms with E-state index in [0.717, 1.165) is 0 Å². The van der Waals surface area contributed by atoms with Crippen LogP contribution in [0.3, 0.4) is 0 Å². The van der Waals surface area contributed by atoms with Crippen molar-refractivity contribution in [2.24, 2.45) is 0 Å². The molecular formula is C18H19N5O3. The van der Waals surface area contributed by atoms with Gasteiger partial charge in [-0.25, -0.2) is 9.97 Å². The summed E-state index contributed by atoms with van der Waals surface area (Å²) in [6, 6.07) is 3.53. The molecule has 0 bridgehead atoms. The van der Waals surface area contributed by atoms with Gasteiger partial charge in [0.15, 0.2) is 0 Å². The summed E-state index contributed by atoms with van der Waals surface area (Å²) in [5.74, 6) is -0.118. The van der Waals surface area contributed by atoms with Gasteiger partial charge in [0.05, 0.1) is 35.8 Å². The average molecular weight is 353 g/mol. The summed E-state index contributed by atoms with van der Waals surface area (Å²) in [6.45, 7) is 1.65. The summed E-state index contributed by atoms with van der Waals surface area (Å²) in [4.78, 5) is 40.3. The molecular weight excluding hydrogens is 334 g/mol. The Kier molecular flexibility index (Phi) is 4.34. The number of rotatable bonds is 2. The Labute approximate surface area is 150 Å². The van der Waals surface area contributed by atoms with Crippen LogP contribution in [0, 0.1) is 0 Å². The highest BCUT2D eigenvalue weighted by atomic mass is 16.5. The van der Waals surface area contributed by atoms with Crippen LogP contribution in [0.15, 0.2) is 43.2 Å². The minimum atomic E-state index is -0.435. The molecule has 26 heavy (non-hydrogen) atoms. The van der Waals surface area contributed by atoms with Crippen LogP contribution < -0.4 is 4.90 Å². The number of piperidine rings is 1. The van der Waals surface area contributed by atoms with Gasteiger partial charge in [-0.3, -0.25) is 14.6 Å². The maximum absolute atomic E-state index is 12.6. The predicted octanol–water partition coefficient (Wildman–Crippen LogP) is 0.910. The zero-order valence-electron chi connectivity index (χ0n) is 14.2. The molecule has 0 unspecified atom stereocenters. The first-order valence-corrected chi connectivity index (χ1v) is 8.56. The Morgan fingerprint density at radius 3 is 2.58 bits per heavy atom. The fraction of sp³-hybridized carbons (Fsp3) is 0.389. The lowest BCUT2D eigenvalue weighted by atomic mass is 9.89. The Bertz CT molecular complexity index is 791. The first-order valence-electron chi connectivity index (χ1n) is 8.56. The molecule has 4 rings (SSSR count). The summed E-state index contributed by atoms with van der Waals surface area (Å²) in [5, 5.41) is 0. The van der Waals surface area contributed by atoms with Gasteiger partial charge in [-0.1, -0.05) is 0 Å². The molecule has 2 fully saturated rings. The first-order chi connectivity index (χ1) is 12.7. The minimum Gasteiger partial charge on any atom is -0.363 e. The smallest absolute Gasteiger partial charge is 0.255 e. The van der Waals surface area contributed by atoms with Gasteiger partial charge in [0.2, 0.25) is 0 Å². The van der Waals surface area contributed by atoms with E-state index in [0.29, 0.717) is 43.7 Å². The van der Waals surface area contributed by atoms with Crippen LogP contribution in [0.2, 0.25) is 0 Å². The second kappa shape index (κ2) is 6.80. The molecule has 134 valence electrons. The fourth-order valence-corrected chi connectivity index (χ4v) is 3.47. The van der Waals surface area contributed by atoms with Gasteiger partial charge in [-0.2, -0.15) is 0 Å². The van der Waals surface area contributed by atoms with Crippen molar-refractivity contribution in [1.29, 1.82) is 0 Å². The number of anilines is 1. The first kappa shape index (κ1) is 16.6. The van der Waals surface area contributed by atoms with Crippen molar-refractivity contribution < 1.29 is 14.3 Å². The van der Waals surface area contributed by atoms with E-state index in [2.05, 4.69) is 15.0 Å². The highest BCUT2D eigenvalue weighted by Gasteiger charge is 2.43. The summed E-state index contributed by atoms with van der Waals surface area (Å²) >= 11 is 0. The van der Waals surface area contributed by atoms with Crippen molar-refractivity contribution >= 4 is 17.5 Å². The maximum atomic E-state index is 12.6. The number of carbonyl (C=O) groups is 2. The zero-order valence-corrected chi connectivity index (χ0v) is 14.2. The van der Waals surface area contributed by atoms with Gasteiger partial charge < -0.3 is 14.5 Å². The van der Waals surface area contributed by atoms with Crippen LogP contribution in [0.25, 0.3) is 0 Å². The van der Waals surface area contributed by atoms with Crippen molar-refractivity contribution in [2.45, 2.75) is 18.4 Å². The van der Waals surface area contributed by atoms with E-state index < -0.39 is 5.60 Å². The Balaban J connectivity index is 1.45. The predicted molar refractivity (Wildman–Crippen MR) is 92.4 cm³/mol. The molecule has 0 N–H and O–H groups in total. The SMILES string of the molecule is O=C(c1cccnc1)N1CCC2(CC1)CN(c1cncnc1)C(=O)CO2. The van der Waals surface area contributed by atoms with Gasteiger partial charge in [0.1, 0.15) is 12.9 Å². The molecule has 8 nitrogen and oxygen atoms in total. The number of likely N-dealkylation sites (tertiary alicyclic amines) is 1. The van der Waals surface area contributed by atoms with Crippen LogP contribution in [0.1, 0.15) is 23.2 Å². The van der Waals surface area contributed by atoms with E-state index in [-0.39, 0.29) is 18.4 Å². The number of carbonyl (C=O) groups excluding carboxylic acids is 2. The van der Waals surface area contributed by atoms with E-state index in [1.807, 2.05) is 4.90 Å². The number of nitrogens with zero attached hydrogens (tertiary/aromatic N) is 5. The van der Waals surface area contributed by atoms with Crippen molar-refractivity contribution in [3.8, 4) is 0 Å². The van der Waals surface area contributed by atoms with E-state index in [1.165, 1.54) is 6.33 Å². The second-order valence-electron chi connectivity index (χ2n) is 6.58. The van der Waals surface area contributed by atoms with E-state index in [9.17, 15) is 9.59 Å². The third-order valence-corrected chi connectivity index (χ3v) is 4.98. The fourth-order valence-electron chi connectivity index (χ4n) is 3.47. The lowest BCUT2D eigenvalue weighted by molar-refractivity contribution is -0.143. The summed E-state index contributed by atoms with van der Waals surface area (Å²) in [7, 11) is 0. The van der Waals surface area contributed by atoms with Crippen LogP contribution in [-0.2, 0) is 9.53 Å². The van der Waals surface area contributed by atoms with Gasteiger partial charge >= 0.3 is 0 Å². The molecule has 0 atom stereocenters. The molecule has 2 aliphatic rings. The minimum absolute atomic E-state index is 0.0202. The van der Waals surface area contributed by atoms with Crippen LogP contribution in [0.5, 0.6) is 0 Å². The van der Waals surface area contributed by atoms with E-state index >= 15 is 0 Å². The van der Waals surface area contributed by atoms with Gasteiger partial charge in [-0.05, 0) is 25.0 Å². The molecule has 1 spiro atoms. The maximum Gasteiger partial charge on any atom is 0.255 e. The zero-order chi connectivity index (χ0) is 18.0. The largest absolute Gasteiger partial charge is 0.363 e. The molecule has 0 radical (unpaired) electrons. The van der Waals surface area contributed by atoms with Gasteiger partial charge in [0, 0.05) is 25.5 Å². The summed E-state index contributed by atoms with van der Waals surface area (Å²) in [5.41, 5.74) is 0.829. The monoisotopic (exact) mass is 353 g/mol. The molecule has 8 heteroatoms. The lowest BCUT2D eigenvalue weighted by Crippen LogP contribution is -2.59. The van der Waals surface area contributed by atoms with Crippen molar-refractivity contribution in [2.75, 3.05) is 31.1 Å². The van der Waals surface area contributed by atoms with Crippen molar-refractivity contribution in [3.63, 3.8) is 0 Å². The number of pyridine rings is 1. The molecule has 0 saturated carbocycles. The number of hydrogen-bond acceptors (Lipinski definition) is 6. The molecule has 2 aliphatic heterocycles. The quantitative estimate of drug-likeness (QED) is 0.797. The van der Waals surface area contributed by atoms with Crippen molar-refractivity contribution in [1.82, 2.24) is 19.9 Å². The lowest BCUT2D eigenvalue weighted by Gasteiger charge is -2.46. The van der Waals surface area contributed by atoms with Crippen LogP contribution in [0.4, 0.5) is 5.69 Å². The summed E-state index contributed by atoms with van der Waals surface area (Å²) < 4.78 is 5.92. The van der Waals surface area contributed by atoms with E-state index in [4.69, 9.17) is 4.74 Å². The third-order valence-electron chi connectivity index (χ3n) is 4.98. The average Bonchev–Trinajstić information content (AvgIpc) is 2.71. The number of amides is 2. The Morgan fingerprint density at radius 2 is 1.88 bits per heavy atom. The number of ether oxygens (including phenoxy) is 1. The molecule has 2 aromatic heterocycles. The topological polar surface area (TPSA) is 88.5 Å². The molecule has 0 aromatic carbocycles. The Morgan fingerprint density at radius 1 is 1.12 bits per heavy atom. The molecule has 2 saturated heterocycles. The molecule has 4 heterocycles. The van der Waals surface area contributed by atoms with Crippen LogP contribution >= 0.6 is 0 Å². The molecule has 2 aromatic rings. The second-order valence-corrected chi connectivity index (χ2v) is 6.58. The summed E-state index contributed by atoms with van der Waals surface area (Å²) in [6.07, 6.45) is 9.28. The number of aromatic nitrogens is 3. The van der Waals surface area contributed by atoms with Crippen molar-refractivity contribution in [3.05, 3.63) is 48.8 Å². The third kappa shape index (κ3) is 3.15. The van der Waals surface area contributed by atoms with Crippen LogP contribution in [-0.4, -0.2) is 63.5 Å². The highest BCUT2D eigenvalue weighted by Crippen LogP contribution is 2.32.